The molecule has 1 aliphatic heterocycles. The Balaban J connectivity index is 1.99. The molecule has 1 heterocycles. The lowest BCUT2D eigenvalue weighted by atomic mass is 9.85. The highest BCUT2D eigenvalue weighted by molar-refractivity contribution is 5.29. The molecule has 3 nitrogen and oxygen atoms in total. The number of hydrogen-bond acceptors (Lipinski definition) is 3. The maximum absolute atomic E-state index is 9.58. The van der Waals surface area contributed by atoms with Crippen molar-refractivity contribution in [2.45, 2.75) is 64.1 Å². The summed E-state index contributed by atoms with van der Waals surface area (Å²) in [5.74, 6) is 0.333. The molecule has 0 saturated carbocycles. The van der Waals surface area contributed by atoms with Gasteiger partial charge in [-0.05, 0) is 50.3 Å². The normalized spacial score (nSPS) is 23.4. The minimum Gasteiger partial charge on any atom is -0.508 e. The highest BCUT2D eigenvalue weighted by Gasteiger charge is 2.34. The summed E-state index contributed by atoms with van der Waals surface area (Å²) >= 11 is 0. The molecular formula is C17H27NO2. The van der Waals surface area contributed by atoms with Crippen LogP contribution < -0.4 is 5.32 Å². The molecule has 1 aliphatic rings. The van der Waals surface area contributed by atoms with E-state index >= 15 is 0 Å². The SMILES string of the molecule is CCC1(CC)CC(NC(C)c2cccc(O)c2)CCO1. The fourth-order valence-electron chi connectivity index (χ4n) is 3.16. The van der Waals surface area contributed by atoms with E-state index in [-0.39, 0.29) is 11.6 Å². The molecule has 2 rings (SSSR count). The summed E-state index contributed by atoms with van der Waals surface area (Å²) in [6.45, 7) is 7.42. The number of aromatic hydroxyl groups is 1. The van der Waals surface area contributed by atoms with Gasteiger partial charge in [-0.3, -0.25) is 0 Å². The number of benzene rings is 1. The highest BCUT2D eigenvalue weighted by atomic mass is 16.5. The van der Waals surface area contributed by atoms with Crippen molar-refractivity contribution >= 4 is 0 Å². The zero-order valence-electron chi connectivity index (χ0n) is 12.9. The summed E-state index contributed by atoms with van der Waals surface area (Å²) in [6, 6.07) is 8.24. The molecule has 0 aromatic heterocycles. The van der Waals surface area contributed by atoms with Crippen LogP contribution in [0.4, 0.5) is 0 Å². The molecule has 3 heteroatoms. The second kappa shape index (κ2) is 6.59. The van der Waals surface area contributed by atoms with E-state index in [1.54, 1.807) is 6.07 Å². The first-order chi connectivity index (χ1) is 9.58. The lowest BCUT2D eigenvalue weighted by molar-refractivity contribution is -0.0939. The molecular weight excluding hydrogens is 250 g/mol. The first-order valence-corrected chi connectivity index (χ1v) is 7.77. The van der Waals surface area contributed by atoms with Crippen molar-refractivity contribution in [3.05, 3.63) is 29.8 Å². The van der Waals surface area contributed by atoms with Gasteiger partial charge in [0, 0.05) is 18.7 Å². The van der Waals surface area contributed by atoms with Crippen molar-refractivity contribution in [2.75, 3.05) is 6.61 Å². The Labute approximate surface area is 122 Å². The van der Waals surface area contributed by atoms with Gasteiger partial charge in [-0.15, -0.1) is 0 Å². The van der Waals surface area contributed by atoms with E-state index in [1.165, 1.54) is 0 Å². The smallest absolute Gasteiger partial charge is 0.115 e. The average Bonchev–Trinajstić information content (AvgIpc) is 2.47. The standard InChI is InChI=1S/C17H27NO2/c1-4-17(5-2)12-15(9-10-20-17)18-13(3)14-7-6-8-16(19)11-14/h6-8,11,13,15,18-19H,4-5,9-10,12H2,1-3H3. The van der Waals surface area contributed by atoms with Crippen LogP contribution in [0.5, 0.6) is 5.75 Å². The van der Waals surface area contributed by atoms with Gasteiger partial charge in [-0.25, -0.2) is 0 Å². The monoisotopic (exact) mass is 277 g/mol. The van der Waals surface area contributed by atoms with E-state index in [4.69, 9.17) is 4.74 Å². The van der Waals surface area contributed by atoms with Crippen molar-refractivity contribution in [3.8, 4) is 5.75 Å². The first-order valence-electron chi connectivity index (χ1n) is 7.77. The number of phenolic OH excluding ortho intramolecular Hbond substituents is 1. The molecule has 0 bridgehead atoms. The molecule has 112 valence electrons. The van der Waals surface area contributed by atoms with Gasteiger partial charge in [0.25, 0.3) is 0 Å². The lowest BCUT2D eigenvalue weighted by Crippen LogP contribution is -2.47. The van der Waals surface area contributed by atoms with Crippen LogP contribution >= 0.6 is 0 Å². The summed E-state index contributed by atoms with van der Waals surface area (Å²) in [4.78, 5) is 0. The van der Waals surface area contributed by atoms with Gasteiger partial charge in [0.2, 0.25) is 0 Å². The summed E-state index contributed by atoms with van der Waals surface area (Å²) < 4.78 is 6.02. The van der Waals surface area contributed by atoms with E-state index in [0.29, 0.717) is 11.8 Å². The van der Waals surface area contributed by atoms with E-state index in [2.05, 4.69) is 32.2 Å². The third-order valence-corrected chi connectivity index (χ3v) is 4.64. The Hall–Kier alpha value is -1.06. The molecule has 0 radical (unpaired) electrons. The lowest BCUT2D eigenvalue weighted by Gasteiger charge is -2.41. The summed E-state index contributed by atoms with van der Waals surface area (Å²) in [5.41, 5.74) is 1.18. The van der Waals surface area contributed by atoms with Gasteiger partial charge >= 0.3 is 0 Å². The topological polar surface area (TPSA) is 41.5 Å². The number of hydrogen-bond donors (Lipinski definition) is 2. The van der Waals surface area contributed by atoms with Gasteiger partial charge in [0.15, 0.2) is 0 Å². The van der Waals surface area contributed by atoms with Crippen molar-refractivity contribution < 1.29 is 9.84 Å². The van der Waals surface area contributed by atoms with Crippen LogP contribution in [0.15, 0.2) is 24.3 Å². The maximum Gasteiger partial charge on any atom is 0.115 e. The Bertz CT molecular complexity index is 429. The second-order valence-electron chi connectivity index (χ2n) is 5.91. The van der Waals surface area contributed by atoms with Crippen LogP contribution in [0.25, 0.3) is 0 Å². The number of nitrogens with one attached hydrogen (secondary N) is 1. The highest BCUT2D eigenvalue weighted by Crippen LogP contribution is 2.32. The Morgan fingerprint density at radius 1 is 1.40 bits per heavy atom. The number of ether oxygens (including phenoxy) is 1. The van der Waals surface area contributed by atoms with E-state index < -0.39 is 0 Å². The summed E-state index contributed by atoms with van der Waals surface area (Å²) in [6.07, 6.45) is 4.28. The van der Waals surface area contributed by atoms with Crippen molar-refractivity contribution in [2.24, 2.45) is 0 Å². The van der Waals surface area contributed by atoms with E-state index in [1.807, 2.05) is 12.1 Å². The van der Waals surface area contributed by atoms with Gasteiger partial charge < -0.3 is 15.2 Å². The Kier molecular flexibility index (Phi) is 5.06. The molecule has 0 amide bonds. The first kappa shape index (κ1) is 15.3. The van der Waals surface area contributed by atoms with Crippen molar-refractivity contribution in [1.29, 1.82) is 0 Å². The molecule has 0 spiro atoms. The van der Waals surface area contributed by atoms with E-state index in [9.17, 15) is 5.11 Å². The molecule has 0 aliphatic carbocycles. The van der Waals surface area contributed by atoms with Gasteiger partial charge in [0.1, 0.15) is 5.75 Å². The predicted molar refractivity (Wildman–Crippen MR) is 81.9 cm³/mol. The maximum atomic E-state index is 9.58. The van der Waals surface area contributed by atoms with Gasteiger partial charge in [0.05, 0.1) is 5.60 Å². The summed E-state index contributed by atoms with van der Waals surface area (Å²) in [5, 5.41) is 13.3. The Morgan fingerprint density at radius 2 is 2.15 bits per heavy atom. The molecule has 2 atom stereocenters. The molecule has 1 aromatic rings. The number of phenols is 1. The molecule has 2 N–H and O–H groups in total. The van der Waals surface area contributed by atoms with Crippen LogP contribution in [0.2, 0.25) is 0 Å². The Morgan fingerprint density at radius 3 is 2.80 bits per heavy atom. The van der Waals surface area contributed by atoms with Crippen molar-refractivity contribution in [3.63, 3.8) is 0 Å². The molecule has 1 saturated heterocycles. The molecule has 2 unspecified atom stereocenters. The van der Waals surface area contributed by atoms with E-state index in [0.717, 1.165) is 37.9 Å². The average molecular weight is 277 g/mol. The summed E-state index contributed by atoms with van der Waals surface area (Å²) in [7, 11) is 0. The second-order valence-corrected chi connectivity index (χ2v) is 5.91. The van der Waals surface area contributed by atoms with Crippen LogP contribution in [0, 0.1) is 0 Å². The van der Waals surface area contributed by atoms with Gasteiger partial charge in [-0.2, -0.15) is 0 Å². The molecule has 20 heavy (non-hydrogen) atoms. The fourth-order valence-corrected chi connectivity index (χ4v) is 3.16. The quantitative estimate of drug-likeness (QED) is 0.860. The van der Waals surface area contributed by atoms with Crippen LogP contribution in [0.1, 0.15) is 58.1 Å². The number of rotatable bonds is 5. The minimum atomic E-state index is 0.0501. The molecule has 1 aromatic carbocycles. The zero-order chi connectivity index (χ0) is 14.6. The van der Waals surface area contributed by atoms with Crippen LogP contribution in [0.3, 0.4) is 0 Å². The largest absolute Gasteiger partial charge is 0.508 e. The predicted octanol–water partition coefficient (Wildman–Crippen LogP) is 3.78. The van der Waals surface area contributed by atoms with Crippen LogP contribution in [-0.4, -0.2) is 23.4 Å². The third-order valence-electron chi connectivity index (χ3n) is 4.64. The minimum absolute atomic E-state index is 0.0501. The fraction of sp³-hybridized carbons (Fsp3) is 0.647. The van der Waals surface area contributed by atoms with Crippen LogP contribution in [-0.2, 0) is 4.74 Å². The third kappa shape index (κ3) is 3.53. The van der Waals surface area contributed by atoms with Gasteiger partial charge in [-0.1, -0.05) is 26.0 Å². The molecule has 1 fully saturated rings. The zero-order valence-corrected chi connectivity index (χ0v) is 12.9. The van der Waals surface area contributed by atoms with Crippen molar-refractivity contribution in [1.82, 2.24) is 5.32 Å².